The molecule has 0 bridgehead atoms. The molecule has 1 aliphatic carbocycles. The van der Waals surface area contributed by atoms with Crippen LogP contribution in [-0.4, -0.2) is 22.5 Å². The van der Waals surface area contributed by atoms with E-state index in [-0.39, 0.29) is 18.7 Å². The number of carboxylic acids is 1. The van der Waals surface area contributed by atoms with E-state index < -0.39 is 11.5 Å². The van der Waals surface area contributed by atoms with Crippen LogP contribution in [0.1, 0.15) is 36.8 Å². The third kappa shape index (κ3) is 3.36. The van der Waals surface area contributed by atoms with Crippen molar-refractivity contribution in [1.29, 1.82) is 0 Å². The van der Waals surface area contributed by atoms with Crippen LogP contribution in [0.4, 0.5) is 0 Å². The van der Waals surface area contributed by atoms with Gasteiger partial charge in [-0.3, -0.25) is 9.59 Å². The Morgan fingerprint density at radius 1 is 1.25 bits per heavy atom. The minimum atomic E-state index is -0.868. The Balaban J connectivity index is 2.00. The molecule has 1 amide bonds. The van der Waals surface area contributed by atoms with Crippen molar-refractivity contribution < 1.29 is 14.7 Å². The van der Waals surface area contributed by atoms with E-state index in [4.69, 9.17) is 10.8 Å². The lowest BCUT2D eigenvalue weighted by atomic mass is 9.74. The maximum Gasteiger partial charge on any atom is 0.305 e. The third-order valence-corrected chi connectivity index (χ3v) is 3.89. The lowest BCUT2D eigenvalue weighted by molar-refractivity contribution is -0.140. The van der Waals surface area contributed by atoms with E-state index in [0.717, 1.165) is 30.4 Å². The quantitative estimate of drug-likeness (QED) is 0.728. The zero-order chi connectivity index (χ0) is 14.6. The van der Waals surface area contributed by atoms with Crippen molar-refractivity contribution in [3.05, 3.63) is 35.4 Å². The highest BCUT2D eigenvalue weighted by Gasteiger charge is 2.40. The van der Waals surface area contributed by atoms with Crippen LogP contribution < -0.4 is 11.1 Å². The number of benzene rings is 1. The molecule has 0 saturated heterocycles. The molecule has 2 rings (SSSR count). The van der Waals surface area contributed by atoms with E-state index in [1.807, 2.05) is 24.3 Å². The molecule has 4 N–H and O–H groups in total. The first-order chi connectivity index (χ1) is 9.54. The summed E-state index contributed by atoms with van der Waals surface area (Å²) >= 11 is 0. The number of nitrogens with two attached hydrogens (primary N) is 1. The number of carbonyl (C=O) groups excluding carboxylic acids is 1. The molecule has 1 fully saturated rings. The van der Waals surface area contributed by atoms with E-state index in [0.29, 0.717) is 6.54 Å². The molecule has 20 heavy (non-hydrogen) atoms. The van der Waals surface area contributed by atoms with E-state index >= 15 is 0 Å². The summed E-state index contributed by atoms with van der Waals surface area (Å²) in [5, 5.41) is 11.8. The van der Waals surface area contributed by atoms with Gasteiger partial charge in [0, 0.05) is 6.54 Å². The van der Waals surface area contributed by atoms with Crippen LogP contribution in [0.3, 0.4) is 0 Å². The Kier molecular flexibility index (Phi) is 4.39. The number of carbonyl (C=O) groups is 2. The number of aliphatic carboxylic acids is 1. The SMILES string of the molecule is NCc1ccccc1CC(=O)NC1(CC(=O)O)CCC1. The second-order valence-electron chi connectivity index (χ2n) is 5.40. The van der Waals surface area contributed by atoms with Crippen LogP contribution in [0.15, 0.2) is 24.3 Å². The van der Waals surface area contributed by atoms with Gasteiger partial charge in [-0.1, -0.05) is 24.3 Å². The first kappa shape index (κ1) is 14.5. The summed E-state index contributed by atoms with van der Waals surface area (Å²) in [5.74, 6) is -1.00. The Bertz CT molecular complexity index is 510. The normalized spacial score (nSPS) is 16.2. The van der Waals surface area contributed by atoms with Gasteiger partial charge in [-0.15, -0.1) is 0 Å². The maximum atomic E-state index is 12.1. The van der Waals surface area contributed by atoms with Gasteiger partial charge < -0.3 is 16.2 Å². The topological polar surface area (TPSA) is 92.4 Å². The summed E-state index contributed by atoms with van der Waals surface area (Å²) in [5.41, 5.74) is 6.95. The molecule has 5 heteroatoms. The molecule has 0 heterocycles. The fraction of sp³-hybridized carbons (Fsp3) is 0.467. The van der Waals surface area contributed by atoms with Crippen molar-refractivity contribution in [2.24, 2.45) is 5.73 Å². The summed E-state index contributed by atoms with van der Waals surface area (Å²) < 4.78 is 0. The van der Waals surface area contributed by atoms with Crippen molar-refractivity contribution in [3.63, 3.8) is 0 Å². The molecule has 1 aromatic rings. The zero-order valence-corrected chi connectivity index (χ0v) is 11.4. The Morgan fingerprint density at radius 3 is 2.40 bits per heavy atom. The predicted molar refractivity (Wildman–Crippen MR) is 75.0 cm³/mol. The highest BCUT2D eigenvalue weighted by molar-refractivity contribution is 5.81. The van der Waals surface area contributed by atoms with Crippen molar-refractivity contribution in [1.82, 2.24) is 5.32 Å². The molecule has 0 radical (unpaired) electrons. The van der Waals surface area contributed by atoms with E-state index in [2.05, 4.69) is 5.32 Å². The monoisotopic (exact) mass is 276 g/mol. The summed E-state index contributed by atoms with van der Waals surface area (Å²) in [6, 6.07) is 7.55. The van der Waals surface area contributed by atoms with Gasteiger partial charge in [-0.2, -0.15) is 0 Å². The summed E-state index contributed by atoms with van der Waals surface area (Å²) in [6.07, 6.45) is 2.69. The van der Waals surface area contributed by atoms with Gasteiger partial charge >= 0.3 is 5.97 Å². The molecule has 1 aliphatic rings. The molecule has 0 unspecified atom stereocenters. The lowest BCUT2D eigenvalue weighted by Gasteiger charge is -2.41. The van der Waals surface area contributed by atoms with Gasteiger partial charge in [0.05, 0.1) is 18.4 Å². The van der Waals surface area contributed by atoms with Gasteiger partial charge in [0.15, 0.2) is 0 Å². The Hall–Kier alpha value is -1.88. The van der Waals surface area contributed by atoms with Crippen LogP contribution in [0.5, 0.6) is 0 Å². The highest BCUT2D eigenvalue weighted by Crippen LogP contribution is 2.35. The molecule has 0 aromatic heterocycles. The first-order valence-electron chi connectivity index (χ1n) is 6.84. The molecule has 0 spiro atoms. The second-order valence-corrected chi connectivity index (χ2v) is 5.40. The van der Waals surface area contributed by atoms with Gasteiger partial charge in [-0.05, 0) is 30.4 Å². The average molecular weight is 276 g/mol. The number of hydrogen-bond donors (Lipinski definition) is 3. The van der Waals surface area contributed by atoms with Crippen LogP contribution >= 0.6 is 0 Å². The molecular formula is C15H20N2O3. The van der Waals surface area contributed by atoms with E-state index in [9.17, 15) is 9.59 Å². The van der Waals surface area contributed by atoms with Crippen molar-refractivity contribution in [3.8, 4) is 0 Å². The smallest absolute Gasteiger partial charge is 0.305 e. The van der Waals surface area contributed by atoms with Crippen molar-refractivity contribution >= 4 is 11.9 Å². The van der Waals surface area contributed by atoms with Gasteiger partial charge in [0.25, 0.3) is 0 Å². The largest absolute Gasteiger partial charge is 0.481 e. The number of carboxylic acid groups (broad SMARTS) is 1. The first-order valence-corrected chi connectivity index (χ1v) is 6.84. The molecule has 0 atom stereocenters. The predicted octanol–water partition coefficient (Wildman–Crippen LogP) is 1.20. The standard InChI is InChI=1S/C15H20N2O3/c16-10-12-5-2-1-4-11(12)8-13(18)17-15(6-3-7-15)9-14(19)20/h1-2,4-5H,3,6-10,16H2,(H,17,18)(H,19,20). The summed E-state index contributed by atoms with van der Waals surface area (Å²) in [6.45, 7) is 0.393. The number of amides is 1. The van der Waals surface area contributed by atoms with E-state index in [1.54, 1.807) is 0 Å². The van der Waals surface area contributed by atoms with Crippen LogP contribution in [-0.2, 0) is 22.6 Å². The number of rotatable bonds is 6. The van der Waals surface area contributed by atoms with Gasteiger partial charge in [0.2, 0.25) is 5.91 Å². The second kappa shape index (κ2) is 6.05. The third-order valence-electron chi connectivity index (χ3n) is 3.89. The molecule has 5 nitrogen and oxygen atoms in total. The molecule has 1 aromatic carbocycles. The number of hydrogen-bond acceptors (Lipinski definition) is 3. The molecule has 108 valence electrons. The lowest BCUT2D eigenvalue weighted by Crippen LogP contribution is -2.55. The van der Waals surface area contributed by atoms with Crippen LogP contribution in [0.25, 0.3) is 0 Å². The fourth-order valence-electron chi connectivity index (χ4n) is 2.68. The van der Waals surface area contributed by atoms with E-state index in [1.165, 1.54) is 0 Å². The van der Waals surface area contributed by atoms with Crippen molar-refractivity contribution in [2.45, 2.75) is 44.2 Å². The minimum absolute atomic E-state index is 0.00270. The average Bonchev–Trinajstić information content (AvgIpc) is 2.36. The van der Waals surface area contributed by atoms with Crippen LogP contribution in [0.2, 0.25) is 0 Å². The summed E-state index contributed by atoms with van der Waals surface area (Å²) in [7, 11) is 0. The van der Waals surface area contributed by atoms with Crippen molar-refractivity contribution in [2.75, 3.05) is 0 Å². The Morgan fingerprint density at radius 2 is 1.90 bits per heavy atom. The van der Waals surface area contributed by atoms with Crippen LogP contribution in [0, 0.1) is 0 Å². The maximum absolute atomic E-state index is 12.1. The summed E-state index contributed by atoms with van der Waals surface area (Å²) in [4.78, 5) is 23.0. The molecule has 1 saturated carbocycles. The fourth-order valence-corrected chi connectivity index (χ4v) is 2.68. The Labute approximate surface area is 118 Å². The highest BCUT2D eigenvalue weighted by atomic mass is 16.4. The van der Waals surface area contributed by atoms with Gasteiger partial charge in [-0.25, -0.2) is 0 Å². The number of nitrogens with one attached hydrogen (secondary N) is 1. The zero-order valence-electron chi connectivity index (χ0n) is 11.4. The molecule has 0 aliphatic heterocycles. The molecular weight excluding hydrogens is 256 g/mol. The minimum Gasteiger partial charge on any atom is -0.481 e. The van der Waals surface area contributed by atoms with Gasteiger partial charge in [0.1, 0.15) is 0 Å².